The summed E-state index contributed by atoms with van der Waals surface area (Å²) in [5, 5.41) is 0. The second-order valence-corrected chi connectivity index (χ2v) is 5.84. The molecule has 4 nitrogen and oxygen atoms in total. The van der Waals surface area contributed by atoms with Gasteiger partial charge >= 0.3 is 5.97 Å². The van der Waals surface area contributed by atoms with Crippen LogP contribution in [0.25, 0.3) is 0 Å². The molecule has 0 aliphatic heterocycles. The van der Waals surface area contributed by atoms with Crippen LogP contribution in [-0.4, -0.2) is 23.5 Å². The van der Waals surface area contributed by atoms with Gasteiger partial charge in [0.15, 0.2) is 17.4 Å². The first-order valence-electron chi connectivity index (χ1n) is 6.64. The zero-order valence-electron chi connectivity index (χ0n) is 13.0. The fraction of sp³-hybridized carbons (Fsp3) is 0.467. The molecular formula is C15H16F4O4. The van der Waals surface area contributed by atoms with Crippen LogP contribution in [0.2, 0.25) is 0 Å². The average molecular weight is 336 g/mol. The van der Waals surface area contributed by atoms with Crippen molar-refractivity contribution in [3.63, 3.8) is 0 Å². The predicted molar refractivity (Wildman–Crippen MR) is 71.8 cm³/mol. The fourth-order valence-electron chi connectivity index (χ4n) is 1.59. The van der Waals surface area contributed by atoms with Gasteiger partial charge in [0.25, 0.3) is 0 Å². The van der Waals surface area contributed by atoms with E-state index < -0.39 is 58.9 Å². The van der Waals surface area contributed by atoms with Crippen LogP contribution in [0.3, 0.4) is 0 Å². The molecule has 0 aliphatic rings. The topological polar surface area (TPSA) is 52.6 Å². The lowest BCUT2D eigenvalue weighted by atomic mass is 10.1. The Morgan fingerprint density at radius 1 is 1.09 bits per heavy atom. The maximum absolute atomic E-state index is 13.6. The fourth-order valence-corrected chi connectivity index (χ4v) is 1.59. The third-order valence-corrected chi connectivity index (χ3v) is 2.48. The van der Waals surface area contributed by atoms with Crippen LogP contribution >= 0.6 is 0 Å². The zero-order chi connectivity index (χ0) is 17.9. The average Bonchev–Trinajstić information content (AvgIpc) is 2.39. The van der Waals surface area contributed by atoms with Gasteiger partial charge in [-0.25, -0.2) is 18.0 Å². The highest BCUT2D eigenvalue weighted by Crippen LogP contribution is 2.26. The van der Waals surface area contributed by atoms with Gasteiger partial charge in [-0.2, -0.15) is 4.39 Å². The van der Waals surface area contributed by atoms with Gasteiger partial charge in [-0.3, -0.25) is 4.79 Å². The molecule has 0 aliphatic carbocycles. The number of esters is 1. The van der Waals surface area contributed by atoms with E-state index in [9.17, 15) is 27.2 Å². The normalized spacial score (nSPS) is 12.7. The Hall–Kier alpha value is -2.12. The number of rotatable bonds is 5. The van der Waals surface area contributed by atoms with Gasteiger partial charge in [0.2, 0.25) is 17.7 Å². The van der Waals surface area contributed by atoms with Crippen molar-refractivity contribution in [2.24, 2.45) is 0 Å². The Morgan fingerprint density at radius 2 is 1.65 bits per heavy atom. The minimum Gasteiger partial charge on any atom is -0.475 e. The Bertz CT molecular complexity index is 623. The summed E-state index contributed by atoms with van der Waals surface area (Å²) in [4.78, 5) is 23.2. The van der Waals surface area contributed by atoms with Crippen LogP contribution in [-0.2, 0) is 14.3 Å². The van der Waals surface area contributed by atoms with E-state index >= 15 is 0 Å². The van der Waals surface area contributed by atoms with Crippen molar-refractivity contribution < 1.29 is 36.6 Å². The van der Waals surface area contributed by atoms with Gasteiger partial charge in [-0.05, 0) is 27.7 Å². The Balaban J connectivity index is 3.12. The highest BCUT2D eigenvalue weighted by Gasteiger charge is 2.30. The minimum atomic E-state index is -2.08. The molecule has 0 amide bonds. The van der Waals surface area contributed by atoms with E-state index in [4.69, 9.17) is 9.47 Å². The number of ketones is 1. The highest BCUT2D eigenvalue weighted by molar-refractivity contribution is 5.84. The lowest BCUT2D eigenvalue weighted by Gasteiger charge is -2.24. The van der Waals surface area contributed by atoms with Crippen LogP contribution in [0.4, 0.5) is 17.6 Å². The quantitative estimate of drug-likeness (QED) is 0.358. The van der Waals surface area contributed by atoms with E-state index in [0.717, 1.165) is 6.92 Å². The van der Waals surface area contributed by atoms with Gasteiger partial charge in [-0.1, -0.05) is 0 Å². The number of hydrogen-bond donors (Lipinski definition) is 0. The van der Waals surface area contributed by atoms with Crippen LogP contribution in [0, 0.1) is 23.3 Å². The summed E-state index contributed by atoms with van der Waals surface area (Å²) in [7, 11) is 0. The summed E-state index contributed by atoms with van der Waals surface area (Å²) < 4.78 is 62.7. The van der Waals surface area contributed by atoms with Gasteiger partial charge in [0, 0.05) is 6.07 Å². The van der Waals surface area contributed by atoms with Crippen LogP contribution < -0.4 is 4.74 Å². The molecule has 0 heterocycles. The first kappa shape index (κ1) is 18.9. The van der Waals surface area contributed by atoms with E-state index in [1.807, 2.05) is 0 Å². The molecule has 0 saturated heterocycles. The first-order valence-corrected chi connectivity index (χ1v) is 6.64. The molecule has 0 bridgehead atoms. The molecule has 1 unspecified atom stereocenters. The number of carbonyl (C=O) groups excluding carboxylic acids is 2. The summed E-state index contributed by atoms with van der Waals surface area (Å²) in [5.41, 5.74) is -0.923. The lowest BCUT2D eigenvalue weighted by Crippen LogP contribution is -2.36. The molecule has 0 saturated carbocycles. The number of ether oxygens (including phenoxy) is 2. The molecule has 1 rings (SSSR count). The van der Waals surface area contributed by atoms with E-state index in [1.54, 1.807) is 20.8 Å². The van der Waals surface area contributed by atoms with Crippen LogP contribution in [0.15, 0.2) is 6.07 Å². The first-order chi connectivity index (χ1) is 10.4. The van der Waals surface area contributed by atoms with Crippen LogP contribution in [0.5, 0.6) is 5.75 Å². The summed E-state index contributed by atoms with van der Waals surface area (Å²) in [6.07, 6.45) is -2.12. The Morgan fingerprint density at radius 3 is 2.13 bits per heavy atom. The number of hydrogen-bond acceptors (Lipinski definition) is 4. The third kappa shape index (κ3) is 5.22. The van der Waals surface area contributed by atoms with Gasteiger partial charge in [-0.15, -0.1) is 0 Å². The summed E-state index contributed by atoms with van der Waals surface area (Å²) in [6.45, 7) is 5.79. The van der Waals surface area contributed by atoms with Crippen molar-refractivity contribution in [1.82, 2.24) is 0 Å². The Kier molecular flexibility index (Phi) is 5.74. The largest absolute Gasteiger partial charge is 0.475 e. The molecule has 1 aromatic carbocycles. The molecule has 8 heteroatoms. The maximum atomic E-state index is 13.6. The molecule has 0 radical (unpaired) electrons. The van der Waals surface area contributed by atoms with Crippen molar-refractivity contribution in [3.8, 4) is 5.75 Å². The van der Waals surface area contributed by atoms with Gasteiger partial charge < -0.3 is 9.47 Å². The van der Waals surface area contributed by atoms with Gasteiger partial charge in [0.05, 0.1) is 6.42 Å². The van der Waals surface area contributed by atoms with Crippen molar-refractivity contribution in [3.05, 3.63) is 29.3 Å². The number of halogens is 4. The van der Waals surface area contributed by atoms with Gasteiger partial charge in [0.1, 0.15) is 11.4 Å². The van der Waals surface area contributed by atoms with E-state index in [2.05, 4.69) is 0 Å². The van der Waals surface area contributed by atoms with Crippen molar-refractivity contribution in [2.45, 2.75) is 45.8 Å². The highest BCUT2D eigenvalue weighted by atomic mass is 19.2. The number of benzene rings is 1. The molecule has 1 aromatic rings. The zero-order valence-corrected chi connectivity index (χ0v) is 13.0. The molecule has 1 atom stereocenters. The molecule has 128 valence electrons. The van der Waals surface area contributed by atoms with E-state index in [1.165, 1.54) is 0 Å². The van der Waals surface area contributed by atoms with Crippen LogP contribution in [0.1, 0.15) is 34.1 Å². The van der Waals surface area contributed by atoms with E-state index in [0.29, 0.717) is 0 Å². The number of carbonyl (C=O) groups is 2. The van der Waals surface area contributed by atoms with Crippen molar-refractivity contribution in [1.29, 1.82) is 0 Å². The molecule has 23 heavy (non-hydrogen) atoms. The summed E-state index contributed by atoms with van der Waals surface area (Å²) in [5.74, 6) is -10.1. The smallest absolute Gasteiger partial charge is 0.348 e. The monoisotopic (exact) mass is 336 g/mol. The van der Waals surface area contributed by atoms with Crippen molar-refractivity contribution >= 4 is 11.8 Å². The van der Waals surface area contributed by atoms with Crippen molar-refractivity contribution in [2.75, 3.05) is 0 Å². The summed E-state index contributed by atoms with van der Waals surface area (Å²) in [6, 6.07) is 0.255. The molecule has 0 fully saturated rings. The van der Waals surface area contributed by atoms with E-state index in [-0.39, 0.29) is 6.07 Å². The second-order valence-electron chi connectivity index (χ2n) is 5.84. The minimum absolute atomic E-state index is 0.255. The molecular weight excluding hydrogens is 320 g/mol. The Labute approximate surface area is 130 Å². The predicted octanol–water partition coefficient (Wildman–Crippen LogP) is 3.31. The molecule has 0 N–H and O–H groups in total. The molecule has 0 aromatic heterocycles. The third-order valence-electron chi connectivity index (χ3n) is 2.48. The summed E-state index contributed by atoms with van der Waals surface area (Å²) >= 11 is 0. The number of Topliss-reactive ketones (excluding diaryl/α,β-unsaturated/α-hetero) is 1. The second kappa shape index (κ2) is 6.97. The maximum Gasteiger partial charge on any atom is 0.348 e. The standard InChI is InChI=1S/C15H16F4O4/c1-7(20)5-10(14(21)23-15(2,3)4)22-9-6-8(16)11(17)13(19)12(9)18/h6,10H,5H2,1-4H3. The SMILES string of the molecule is CC(=O)CC(Oc1cc(F)c(F)c(F)c1F)C(=O)OC(C)(C)C. The molecule has 0 spiro atoms. The lowest BCUT2D eigenvalue weighted by molar-refractivity contribution is -0.164.